The molecule has 0 radical (unpaired) electrons. The summed E-state index contributed by atoms with van der Waals surface area (Å²) in [5.41, 5.74) is 7.02. The number of aryl methyl sites for hydroxylation is 3. The van der Waals surface area contributed by atoms with Gasteiger partial charge in [-0.05, 0) is 61.9 Å². The van der Waals surface area contributed by atoms with Gasteiger partial charge < -0.3 is 9.72 Å². The number of hydrogen-bond donors (Lipinski definition) is 1. The minimum Gasteiger partial charge on any atom is -0.493 e. The van der Waals surface area contributed by atoms with E-state index in [1.54, 1.807) is 6.07 Å². The maximum Gasteiger partial charge on any atom is 0.127 e. The van der Waals surface area contributed by atoms with Gasteiger partial charge in [0, 0.05) is 40.8 Å². The van der Waals surface area contributed by atoms with Gasteiger partial charge in [-0.2, -0.15) is 5.10 Å². The lowest BCUT2D eigenvalue weighted by Gasteiger charge is -2.09. The Morgan fingerprint density at radius 2 is 1.88 bits per heavy atom. The smallest absolute Gasteiger partial charge is 0.127 e. The van der Waals surface area contributed by atoms with Crippen LogP contribution in [0.4, 0.5) is 4.39 Å². The van der Waals surface area contributed by atoms with E-state index in [9.17, 15) is 4.39 Å². The zero-order valence-corrected chi connectivity index (χ0v) is 18.6. The fourth-order valence-corrected chi connectivity index (χ4v) is 4.59. The molecule has 32 heavy (non-hydrogen) atoms. The Bertz CT molecular complexity index is 1430. The van der Waals surface area contributed by atoms with Crippen LogP contribution in [0.2, 0.25) is 0 Å². The molecule has 0 aliphatic heterocycles. The molecule has 2 heterocycles. The average Bonchev–Trinajstić information content (AvgIpc) is 3.31. The van der Waals surface area contributed by atoms with Gasteiger partial charge in [-0.25, -0.2) is 4.39 Å². The standard InChI is InChI=1S/C27H26FN3O/c1-17-26(18(2)31(3)30-17)24-10-5-9-23-20(16-29-27(23)24)8-6-14-32-25-11-4-7-19-15-21(28)12-13-22(19)25/h4-5,7,9-13,15-16,29H,6,8,14H2,1-3H3. The van der Waals surface area contributed by atoms with E-state index < -0.39 is 0 Å². The Morgan fingerprint density at radius 3 is 2.69 bits per heavy atom. The summed E-state index contributed by atoms with van der Waals surface area (Å²) in [5.74, 6) is 0.566. The van der Waals surface area contributed by atoms with Crippen LogP contribution in [0.25, 0.3) is 32.8 Å². The molecule has 0 atom stereocenters. The Morgan fingerprint density at radius 1 is 1.03 bits per heavy atom. The van der Waals surface area contributed by atoms with E-state index in [1.807, 2.05) is 29.9 Å². The lowest BCUT2D eigenvalue weighted by Crippen LogP contribution is -1.99. The summed E-state index contributed by atoms with van der Waals surface area (Å²) in [6.45, 7) is 4.77. The Labute approximate surface area is 186 Å². The molecule has 3 aromatic carbocycles. The first-order chi connectivity index (χ1) is 15.5. The molecule has 0 aliphatic rings. The highest BCUT2D eigenvalue weighted by Gasteiger charge is 2.16. The molecule has 0 aliphatic carbocycles. The first-order valence-electron chi connectivity index (χ1n) is 10.9. The molecule has 0 bridgehead atoms. The molecule has 5 rings (SSSR count). The van der Waals surface area contributed by atoms with Crippen LogP contribution >= 0.6 is 0 Å². The van der Waals surface area contributed by atoms with Crippen molar-refractivity contribution in [3.8, 4) is 16.9 Å². The number of aromatic amines is 1. The highest BCUT2D eigenvalue weighted by molar-refractivity contribution is 5.97. The predicted octanol–water partition coefficient (Wildman–Crippen LogP) is 6.49. The van der Waals surface area contributed by atoms with Crippen molar-refractivity contribution < 1.29 is 9.13 Å². The van der Waals surface area contributed by atoms with Gasteiger partial charge in [-0.15, -0.1) is 0 Å². The van der Waals surface area contributed by atoms with Crippen LogP contribution in [0, 0.1) is 19.7 Å². The Hall–Kier alpha value is -3.60. The summed E-state index contributed by atoms with van der Waals surface area (Å²) in [7, 11) is 1.98. The quantitative estimate of drug-likeness (QED) is 0.315. The fraction of sp³-hybridized carbons (Fsp3) is 0.222. The van der Waals surface area contributed by atoms with Crippen molar-refractivity contribution in [2.45, 2.75) is 26.7 Å². The molecule has 0 spiro atoms. The van der Waals surface area contributed by atoms with Gasteiger partial charge in [0.25, 0.3) is 0 Å². The van der Waals surface area contributed by atoms with E-state index >= 15 is 0 Å². The highest BCUT2D eigenvalue weighted by Crippen LogP contribution is 2.34. The van der Waals surface area contributed by atoms with E-state index in [2.05, 4.69) is 48.3 Å². The van der Waals surface area contributed by atoms with Crippen molar-refractivity contribution in [3.63, 3.8) is 0 Å². The molecule has 0 fully saturated rings. The van der Waals surface area contributed by atoms with Crippen molar-refractivity contribution in [1.29, 1.82) is 0 Å². The van der Waals surface area contributed by atoms with E-state index in [0.29, 0.717) is 6.61 Å². The number of halogens is 1. The van der Waals surface area contributed by atoms with Gasteiger partial charge in [0.15, 0.2) is 0 Å². The van der Waals surface area contributed by atoms with Gasteiger partial charge in [0.05, 0.1) is 17.8 Å². The third-order valence-corrected chi connectivity index (χ3v) is 6.23. The van der Waals surface area contributed by atoms with Crippen LogP contribution in [0.5, 0.6) is 5.75 Å². The van der Waals surface area contributed by atoms with Gasteiger partial charge in [0.1, 0.15) is 11.6 Å². The lowest BCUT2D eigenvalue weighted by atomic mass is 9.99. The largest absolute Gasteiger partial charge is 0.493 e. The molecule has 0 unspecified atom stereocenters. The number of hydrogen-bond acceptors (Lipinski definition) is 2. The average molecular weight is 428 g/mol. The molecular formula is C27H26FN3O. The Balaban J connectivity index is 1.33. The molecule has 0 saturated heterocycles. The molecule has 0 amide bonds. The van der Waals surface area contributed by atoms with Crippen molar-refractivity contribution >= 4 is 21.7 Å². The number of nitrogens with one attached hydrogen (secondary N) is 1. The van der Waals surface area contributed by atoms with Crippen LogP contribution in [0.3, 0.4) is 0 Å². The highest BCUT2D eigenvalue weighted by atomic mass is 19.1. The second kappa shape index (κ2) is 8.15. The summed E-state index contributed by atoms with van der Waals surface area (Å²) < 4.78 is 21.5. The maximum atomic E-state index is 13.5. The van der Waals surface area contributed by atoms with Crippen LogP contribution in [0.1, 0.15) is 23.4 Å². The number of H-pyrrole nitrogens is 1. The first kappa shape index (κ1) is 20.3. The molecule has 4 nitrogen and oxygen atoms in total. The molecule has 5 aromatic rings. The second-order valence-electron chi connectivity index (χ2n) is 8.29. The summed E-state index contributed by atoms with van der Waals surface area (Å²) in [6.07, 6.45) is 3.91. The second-order valence-corrected chi connectivity index (χ2v) is 8.29. The summed E-state index contributed by atoms with van der Waals surface area (Å²) in [4.78, 5) is 3.49. The van der Waals surface area contributed by atoms with Crippen LogP contribution in [-0.4, -0.2) is 21.4 Å². The van der Waals surface area contributed by atoms with Crippen molar-refractivity contribution in [2.24, 2.45) is 7.05 Å². The van der Waals surface area contributed by atoms with Gasteiger partial charge in [-0.1, -0.05) is 30.3 Å². The number of rotatable bonds is 6. The minimum atomic E-state index is -0.231. The van der Waals surface area contributed by atoms with Crippen LogP contribution < -0.4 is 4.74 Å². The number of ether oxygens (including phenoxy) is 1. The topological polar surface area (TPSA) is 42.8 Å². The molecule has 1 N–H and O–H groups in total. The zero-order valence-electron chi connectivity index (χ0n) is 18.6. The van der Waals surface area contributed by atoms with E-state index in [1.165, 1.54) is 34.2 Å². The number of benzene rings is 3. The number of fused-ring (bicyclic) bond motifs is 2. The third-order valence-electron chi connectivity index (χ3n) is 6.23. The maximum absolute atomic E-state index is 13.5. The van der Waals surface area contributed by atoms with Crippen LogP contribution in [0.15, 0.2) is 60.8 Å². The van der Waals surface area contributed by atoms with Crippen molar-refractivity contribution in [2.75, 3.05) is 6.61 Å². The van der Waals surface area contributed by atoms with E-state index in [-0.39, 0.29) is 5.82 Å². The van der Waals surface area contributed by atoms with E-state index in [0.717, 1.165) is 46.3 Å². The number of para-hydroxylation sites is 1. The summed E-state index contributed by atoms with van der Waals surface area (Å²) in [6, 6.07) is 17.0. The fourth-order valence-electron chi connectivity index (χ4n) is 4.59. The van der Waals surface area contributed by atoms with Gasteiger partial charge in [0.2, 0.25) is 0 Å². The zero-order chi connectivity index (χ0) is 22.2. The monoisotopic (exact) mass is 427 g/mol. The minimum absolute atomic E-state index is 0.231. The molecule has 162 valence electrons. The predicted molar refractivity (Wildman–Crippen MR) is 128 cm³/mol. The van der Waals surface area contributed by atoms with Gasteiger partial charge in [-0.3, -0.25) is 4.68 Å². The molecule has 5 heteroatoms. The van der Waals surface area contributed by atoms with Gasteiger partial charge >= 0.3 is 0 Å². The van der Waals surface area contributed by atoms with Crippen molar-refractivity contribution in [1.82, 2.24) is 14.8 Å². The molecular weight excluding hydrogens is 401 g/mol. The summed E-state index contributed by atoms with van der Waals surface area (Å²) in [5, 5.41) is 7.62. The summed E-state index contributed by atoms with van der Waals surface area (Å²) >= 11 is 0. The number of aromatic nitrogens is 3. The lowest BCUT2D eigenvalue weighted by molar-refractivity contribution is 0.315. The van der Waals surface area contributed by atoms with Crippen molar-refractivity contribution in [3.05, 3.63) is 83.6 Å². The number of nitrogens with zero attached hydrogens (tertiary/aromatic N) is 2. The third kappa shape index (κ3) is 3.54. The van der Waals surface area contributed by atoms with Crippen LogP contribution in [-0.2, 0) is 13.5 Å². The normalized spacial score (nSPS) is 11.5. The SMILES string of the molecule is Cc1nn(C)c(C)c1-c1cccc2c(CCCOc3cccc4cc(F)ccc34)c[nH]c12. The molecule has 2 aromatic heterocycles. The molecule has 0 saturated carbocycles. The van der Waals surface area contributed by atoms with E-state index in [4.69, 9.17) is 4.74 Å². The first-order valence-corrected chi connectivity index (χ1v) is 10.9. The Kier molecular flexibility index (Phi) is 5.17.